The number of piperidine rings is 2. The highest BCUT2D eigenvalue weighted by molar-refractivity contribution is 6.17. The van der Waals surface area contributed by atoms with Gasteiger partial charge in [-0.15, -0.1) is 0 Å². The molecule has 4 amide bonds. The second-order valence-electron chi connectivity index (χ2n) is 23.8. The van der Waals surface area contributed by atoms with Gasteiger partial charge in [-0.25, -0.2) is 29.4 Å². The third-order valence-electron chi connectivity index (χ3n) is 17.5. The van der Waals surface area contributed by atoms with Gasteiger partial charge >= 0.3 is 5.69 Å². The molecule has 0 aliphatic carbocycles. The summed E-state index contributed by atoms with van der Waals surface area (Å²) >= 11 is 0. The number of likely N-dealkylation sites (tertiary alicyclic amines) is 3. The van der Waals surface area contributed by atoms with Crippen molar-refractivity contribution in [2.45, 2.75) is 57.2 Å². The van der Waals surface area contributed by atoms with Gasteiger partial charge < -0.3 is 51.8 Å². The lowest BCUT2D eigenvalue weighted by Gasteiger charge is -2.34. The van der Waals surface area contributed by atoms with Crippen molar-refractivity contribution in [2.75, 3.05) is 56.5 Å². The lowest BCUT2D eigenvalue weighted by Crippen LogP contribution is -2.40. The number of benzene rings is 6. The number of ether oxygens (including phenoxy) is 3. The number of imidazole rings is 1. The van der Waals surface area contributed by atoms with E-state index in [4.69, 9.17) is 42.1 Å². The second kappa shape index (κ2) is 30.0. The van der Waals surface area contributed by atoms with Crippen molar-refractivity contribution in [1.82, 2.24) is 53.6 Å². The van der Waals surface area contributed by atoms with Crippen molar-refractivity contribution in [3.05, 3.63) is 235 Å². The Kier molecular flexibility index (Phi) is 20.1. The number of fused-ring (bicyclic) bond motifs is 2. The van der Waals surface area contributed by atoms with E-state index in [1.807, 2.05) is 132 Å². The van der Waals surface area contributed by atoms with Crippen molar-refractivity contribution in [3.63, 3.8) is 0 Å². The molecule has 24 nitrogen and oxygen atoms in total. The molecule has 0 radical (unpaired) electrons. The van der Waals surface area contributed by atoms with E-state index in [1.54, 1.807) is 62.4 Å². The summed E-state index contributed by atoms with van der Waals surface area (Å²) in [5.74, 6) is 9.35. The van der Waals surface area contributed by atoms with Gasteiger partial charge in [0.1, 0.15) is 75.6 Å². The fourth-order valence-electron chi connectivity index (χ4n) is 12.8. The zero-order valence-corrected chi connectivity index (χ0v) is 54.3. The van der Waals surface area contributed by atoms with E-state index in [0.717, 1.165) is 77.8 Å². The fraction of sp³-hybridized carbons (Fsp3) is 0.213. The number of nitrogens with zero attached hydrogens (tertiary/aromatic N) is 12. The first-order chi connectivity index (χ1) is 48.2. The van der Waals surface area contributed by atoms with Crippen LogP contribution in [0.5, 0.6) is 34.5 Å². The first kappa shape index (κ1) is 66.4. The number of rotatable bonds is 15. The van der Waals surface area contributed by atoms with Crippen LogP contribution >= 0.6 is 0 Å². The summed E-state index contributed by atoms with van der Waals surface area (Å²) in [6.45, 7) is 12.2. The van der Waals surface area contributed by atoms with Crippen LogP contribution in [0.25, 0.3) is 28.1 Å². The molecule has 99 heavy (non-hydrogen) atoms. The molecule has 6 aromatic carbocycles. The first-order valence-corrected chi connectivity index (χ1v) is 32.3. The minimum atomic E-state index is -0.650. The predicted molar refractivity (Wildman–Crippen MR) is 377 cm³/mol. The molecule has 0 spiro atoms. The maximum atomic E-state index is 13.6. The van der Waals surface area contributed by atoms with E-state index in [2.05, 4.69) is 50.0 Å². The molecule has 4 aliphatic heterocycles. The number of primary amides is 1. The molecule has 14 rings (SSSR count). The largest absolute Gasteiger partial charge is 0.457 e. The number of carbonyl (C=O) groups excluding carboxylic acids is 4. The van der Waals surface area contributed by atoms with Gasteiger partial charge in [0.05, 0.1) is 40.8 Å². The number of para-hydroxylation sites is 3. The lowest BCUT2D eigenvalue weighted by atomic mass is 9.88. The Labute approximate surface area is 570 Å². The topological polar surface area (TPSA) is 318 Å². The Morgan fingerprint density at radius 1 is 0.576 bits per heavy atom. The van der Waals surface area contributed by atoms with Gasteiger partial charge in [0, 0.05) is 56.3 Å². The summed E-state index contributed by atoms with van der Waals surface area (Å²) in [7, 11) is 0. The standard InChI is InChI=1S/C26H25N5O2.C25H22N6O3.C24H25N5O3/c1-2-21(32)31-14-6-7-18(15-31)24-25-22(26(27)29-16-28-25)23(30-24)17-10-12-20(13-11-17)33-19-8-4-3-5-9-19;1-2-6-21(32)29-14-13-18(15-29)31-24-22(23(26)27-16-28-24)30(25(31)33)17-9-11-20(12-10-17)34-19-7-4-3-5-8-19;1-2-20(30)28-14-6-7-17(15-28)29-23(25)21(24(26)31)22(27-29)16-10-12-19(13-11-16)32-18-8-4-3-5-9-18/h2-5,8-13,16,18,24H,1,6-7,14-15H2,(H2,27,28,29);3-5,7-12,16,18H,13-15H2,1H3,(H2,26,27,28);2-5,8-13,17H,1,6-7,14-15,25H2,(H2,26,31)/t18-,24?;18-;17-/m111/s1. The number of carbonyl (C=O) groups is 4. The number of aromatic nitrogens is 8. The van der Waals surface area contributed by atoms with Crippen LogP contribution in [0.15, 0.2) is 212 Å². The quantitative estimate of drug-likeness (QED) is 0.0547. The Bertz CT molecular complexity index is 4780. The predicted octanol–water partition coefficient (Wildman–Crippen LogP) is 10.3. The summed E-state index contributed by atoms with van der Waals surface area (Å²) in [4.78, 5) is 89.9. The van der Waals surface area contributed by atoms with Crippen molar-refractivity contribution >= 4 is 58.0 Å². The number of hydrogen-bond acceptors (Lipinski definition) is 17. The molecule has 10 aromatic rings. The van der Waals surface area contributed by atoms with Gasteiger partial charge in [-0.1, -0.05) is 73.7 Å². The normalized spacial score (nSPS) is 16.9. The molecule has 1 unspecified atom stereocenters. The summed E-state index contributed by atoms with van der Waals surface area (Å²) < 4.78 is 22.3. The summed E-state index contributed by atoms with van der Waals surface area (Å²) in [5, 5.41) is 4.64. The molecule has 4 aromatic heterocycles. The molecule has 3 saturated heterocycles. The number of aliphatic imine (C=N–C) groups is 1. The van der Waals surface area contributed by atoms with Crippen molar-refractivity contribution < 1.29 is 33.4 Å². The highest BCUT2D eigenvalue weighted by atomic mass is 16.5. The van der Waals surface area contributed by atoms with Crippen molar-refractivity contribution in [2.24, 2.45) is 16.6 Å². The smallest absolute Gasteiger partial charge is 0.335 e. The Balaban J connectivity index is 0.000000141. The van der Waals surface area contributed by atoms with Crippen LogP contribution in [-0.2, 0) is 14.4 Å². The molecular weight excluding hydrogens is 1250 g/mol. The highest BCUT2D eigenvalue weighted by Crippen LogP contribution is 2.42. The minimum absolute atomic E-state index is 0.0432. The molecule has 500 valence electrons. The summed E-state index contributed by atoms with van der Waals surface area (Å²) in [6.07, 6.45) is 9.60. The molecule has 0 bridgehead atoms. The average molecular weight is 1330 g/mol. The van der Waals surface area contributed by atoms with Gasteiger partial charge in [-0.05, 0) is 166 Å². The van der Waals surface area contributed by atoms with Gasteiger partial charge in [0.15, 0.2) is 11.5 Å². The molecule has 24 heteroatoms. The van der Waals surface area contributed by atoms with Crippen LogP contribution in [0, 0.1) is 17.8 Å². The number of nitrogen functional groups attached to an aromatic ring is 3. The molecule has 8 heterocycles. The van der Waals surface area contributed by atoms with E-state index in [-0.39, 0.29) is 64.7 Å². The monoisotopic (exact) mass is 1320 g/mol. The van der Waals surface area contributed by atoms with Gasteiger partial charge in [0.2, 0.25) is 11.8 Å². The van der Waals surface area contributed by atoms with E-state index in [0.29, 0.717) is 84.6 Å². The minimum Gasteiger partial charge on any atom is -0.457 e. The van der Waals surface area contributed by atoms with Gasteiger partial charge in [-0.2, -0.15) is 5.10 Å². The van der Waals surface area contributed by atoms with E-state index >= 15 is 0 Å². The van der Waals surface area contributed by atoms with E-state index in [9.17, 15) is 24.0 Å². The van der Waals surface area contributed by atoms with E-state index < -0.39 is 5.91 Å². The number of amides is 4. The third kappa shape index (κ3) is 14.6. The SMILES string of the molecule is C=CC(=O)N1CCC[C@@H](C2N=C(c3ccc(Oc4ccccc4)cc3)c3c(N)ncnc32)C1.C=CC(=O)N1CCC[C@@H](n2nc(-c3ccc(Oc4ccccc4)cc3)c(C(N)=O)c2N)C1.CC#CC(=O)N1CC[C@@H](n2c(=O)n(-c3ccc(Oc4ccccc4)cc3)c3c(N)ncnc32)C1. The number of hydrogen-bond donors (Lipinski definition) is 4. The van der Waals surface area contributed by atoms with Gasteiger partial charge in [-0.3, -0.25) is 33.3 Å². The second-order valence-corrected chi connectivity index (χ2v) is 23.8. The van der Waals surface area contributed by atoms with Crippen LogP contribution in [-0.4, -0.2) is 122 Å². The van der Waals surface area contributed by atoms with Crippen molar-refractivity contribution in [3.8, 4) is 63.3 Å². The molecule has 4 aliphatic rings. The van der Waals surface area contributed by atoms with E-state index in [1.165, 1.54) is 29.4 Å². The molecule has 0 saturated carbocycles. The summed E-state index contributed by atoms with van der Waals surface area (Å²) in [5.41, 5.74) is 30.2. The van der Waals surface area contributed by atoms with Crippen LogP contribution in [0.4, 0.5) is 17.5 Å². The summed E-state index contributed by atoms with van der Waals surface area (Å²) in [6, 6.07) is 50.1. The van der Waals surface area contributed by atoms with Crippen LogP contribution in [0.3, 0.4) is 0 Å². The highest BCUT2D eigenvalue weighted by Gasteiger charge is 2.39. The average Bonchev–Trinajstić information content (AvgIpc) is 1.57. The van der Waals surface area contributed by atoms with Crippen molar-refractivity contribution in [1.29, 1.82) is 0 Å². The molecule has 3 fully saturated rings. The Morgan fingerprint density at radius 2 is 1.09 bits per heavy atom. The third-order valence-corrected chi connectivity index (χ3v) is 17.5. The zero-order valence-electron chi connectivity index (χ0n) is 54.3. The first-order valence-electron chi connectivity index (χ1n) is 32.3. The number of anilines is 3. The Hall–Kier alpha value is -12.7. The fourth-order valence-corrected chi connectivity index (χ4v) is 12.8. The van der Waals surface area contributed by atoms with Gasteiger partial charge in [0.25, 0.3) is 11.8 Å². The zero-order chi connectivity index (χ0) is 69.1. The maximum absolute atomic E-state index is 13.6. The molecule has 8 N–H and O–H groups in total. The Morgan fingerprint density at radius 3 is 1.66 bits per heavy atom. The van der Waals surface area contributed by atoms with Crippen LogP contribution in [0.1, 0.15) is 84.3 Å². The molecular formula is C75H72N16O8. The maximum Gasteiger partial charge on any atom is 0.335 e. The lowest BCUT2D eigenvalue weighted by molar-refractivity contribution is -0.128. The van der Waals surface area contributed by atoms with Crippen LogP contribution < -0.4 is 42.8 Å². The van der Waals surface area contributed by atoms with Crippen LogP contribution in [0.2, 0.25) is 0 Å². The molecule has 4 atom stereocenters. The number of nitrogens with two attached hydrogens (primary N) is 4.